The van der Waals surface area contributed by atoms with E-state index in [9.17, 15) is 22.8 Å². The molecule has 8 heteroatoms. The van der Waals surface area contributed by atoms with E-state index in [-0.39, 0.29) is 25.3 Å². The Labute approximate surface area is 184 Å². The van der Waals surface area contributed by atoms with Crippen LogP contribution in [0.1, 0.15) is 35.6 Å². The molecule has 0 unspecified atom stereocenters. The van der Waals surface area contributed by atoms with E-state index in [1.165, 1.54) is 19.2 Å². The van der Waals surface area contributed by atoms with Gasteiger partial charge >= 0.3 is 12.1 Å². The van der Waals surface area contributed by atoms with Crippen LogP contribution in [0.3, 0.4) is 0 Å². The maximum Gasteiger partial charge on any atom is 0.416 e. The third kappa shape index (κ3) is 3.58. The van der Waals surface area contributed by atoms with Crippen molar-refractivity contribution in [1.29, 1.82) is 0 Å². The number of nitrogens with zero attached hydrogens (tertiary/aromatic N) is 2. The van der Waals surface area contributed by atoms with Gasteiger partial charge in [-0.25, -0.2) is 5.01 Å². The van der Waals surface area contributed by atoms with Gasteiger partial charge in [0.25, 0.3) is 0 Å². The zero-order valence-electron chi connectivity index (χ0n) is 17.6. The van der Waals surface area contributed by atoms with Gasteiger partial charge in [0.1, 0.15) is 5.41 Å². The van der Waals surface area contributed by atoms with Crippen molar-refractivity contribution in [1.82, 2.24) is 10.0 Å². The van der Waals surface area contributed by atoms with E-state index in [1.807, 2.05) is 6.07 Å². The van der Waals surface area contributed by atoms with E-state index >= 15 is 0 Å². The first kappa shape index (κ1) is 22.1. The maximum atomic E-state index is 13.5. The average molecular weight is 444 g/mol. The van der Waals surface area contributed by atoms with Gasteiger partial charge in [-0.3, -0.25) is 14.6 Å². The summed E-state index contributed by atoms with van der Waals surface area (Å²) >= 11 is 0. The second-order valence-corrected chi connectivity index (χ2v) is 8.14. The Hall–Kier alpha value is -3.13. The number of methoxy groups -OCH3 is 1. The Morgan fingerprint density at radius 1 is 1.12 bits per heavy atom. The van der Waals surface area contributed by atoms with Crippen molar-refractivity contribution in [3.8, 4) is 0 Å². The minimum Gasteiger partial charge on any atom is -0.468 e. The molecule has 2 fully saturated rings. The van der Waals surface area contributed by atoms with Crippen LogP contribution in [0.5, 0.6) is 0 Å². The van der Waals surface area contributed by atoms with Gasteiger partial charge in [0.15, 0.2) is 0 Å². The van der Waals surface area contributed by atoms with Gasteiger partial charge in [-0.2, -0.15) is 13.2 Å². The molecule has 168 valence electrons. The normalized spacial score (nSPS) is 24.2. The van der Waals surface area contributed by atoms with Crippen LogP contribution in [0, 0.1) is 0 Å². The molecule has 2 aromatic carbocycles. The number of carbonyl (C=O) groups is 2. The Kier molecular flexibility index (Phi) is 5.58. The highest BCUT2D eigenvalue weighted by Crippen LogP contribution is 2.50. The molecule has 2 saturated heterocycles. The van der Waals surface area contributed by atoms with Crippen molar-refractivity contribution in [2.45, 2.75) is 30.5 Å². The summed E-state index contributed by atoms with van der Waals surface area (Å²) in [7, 11) is 1.29. The molecule has 5 nitrogen and oxygen atoms in total. The topological polar surface area (TPSA) is 49.9 Å². The van der Waals surface area contributed by atoms with Gasteiger partial charge in [-0.1, -0.05) is 54.6 Å². The summed E-state index contributed by atoms with van der Waals surface area (Å²) in [5, 5.41) is 3.34. The number of rotatable bonds is 3. The first-order valence-electron chi connectivity index (χ1n) is 10.2. The Balaban J connectivity index is 1.97. The fourth-order valence-electron chi connectivity index (χ4n) is 4.85. The largest absolute Gasteiger partial charge is 0.468 e. The van der Waals surface area contributed by atoms with Gasteiger partial charge in [-0.05, 0) is 29.7 Å². The second kappa shape index (κ2) is 8.09. The molecule has 2 aliphatic heterocycles. The highest BCUT2D eigenvalue weighted by atomic mass is 19.4. The zero-order chi connectivity index (χ0) is 23.1. The summed E-state index contributed by atoms with van der Waals surface area (Å²) in [6, 6.07) is 13.0. The van der Waals surface area contributed by atoms with Gasteiger partial charge < -0.3 is 4.74 Å². The number of esters is 1. The zero-order valence-corrected chi connectivity index (χ0v) is 17.6. The van der Waals surface area contributed by atoms with Crippen molar-refractivity contribution in [3.05, 3.63) is 83.4 Å². The average Bonchev–Trinajstić information content (AvgIpc) is 3.05. The number of halogens is 3. The standard InChI is InChI=1S/C24H23F3N2O3/c1-16-14-23(22(31)32-2,18-6-4-3-5-7-18)21(28-13-12-20(30)29(28)15-16)17-8-10-19(11-9-17)24(25,26)27/h3-11,21H,1,12-15H2,2H3/t21-,23+/m0/s1. The molecule has 2 aliphatic rings. The molecule has 2 atom stereocenters. The third-order valence-electron chi connectivity index (χ3n) is 6.21. The summed E-state index contributed by atoms with van der Waals surface area (Å²) in [5.74, 6) is -0.646. The second-order valence-electron chi connectivity index (χ2n) is 8.14. The van der Waals surface area contributed by atoms with E-state index in [2.05, 4.69) is 6.58 Å². The van der Waals surface area contributed by atoms with Crippen LogP contribution in [0.2, 0.25) is 0 Å². The molecule has 0 radical (unpaired) electrons. The third-order valence-corrected chi connectivity index (χ3v) is 6.21. The van der Waals surface area contributed by atoms with Crippen LogP contribution >= 0.6 is 0 Å². The lowest BCUT2D eigenvalue weighted by atomic mass is 9.68. The predicted octanol–water partition coefficient (Wildman–Crippen LogP) is 4.27. The van der Waals surface area contributed by atoms with Crippen LogP contribution in [-0.4, -0.2) is 42.1 Å². The van der Waals surface area contributed by atoms with Gasteiger partial charge in [-0.15, -0.1) is 0 Å². The highest BCUT2D eigenvalue weighted by Gasteiger charge is 2.56. The Morgan fingerprint density at radius 3 is 2.38 bits per heavy atom. The minimum atomic E-state index is -4.48. The summed E-state index contributed by atoms with van der Waals surface area (Å²) in [4.78, 5) is 26.1. The molecule has 2 aromatic rings. The molecule has 1 amide bonds. The quantitative estimate of drug-likeness (QED) is 0.524. The molecule has 0 aliphatic carbocycles. The number of ether oxygens (including phenoxy) is 1. The Morgan fingerprint density at radius 2 is 1.78 bits per heavy atom. The lowest BCUT2D eigenvalue weighted by Gasteiger charge is -2.43. The molecule has 0 spiro atoms. The number of fused-ring (bicyclic) bond motifs is 1. The summed E-state index contributed by atoms with van der Waals surface area (Å²) in [6.07, 6.45) is -4.04. The lowest BCUT2D eigenvalue weighted by molar-refractivity contribution is -0.157. The SMILES string of the molecule is C=C1CN2C(=O)CCN2[C@@H](c2ccc(C(F)(F)F)cc2)[C@](C(=O)OC)(c2ccccc2)C1. The molecule has 0 aromatic heterocycles. The predicted molar refractivity (Wildman–Crippen MR) is 111 cm³/mol. The number of alkyl halides is 3. The van der Waals surface area contributed by atoms with Crippen LogP contribution in [0.4, 0.5) is 13.2 Å². The molecule has 0 N–H and O–H groups in total. The summed E-state index contributed by atoms with van der Waals surface area (Å²) < 4.78 is 44.9. The lowest BCUT2D eigenvalue weighted by Crippen LogP contribution is -2.51. The molecule has 32 heavy (non-hydrogen) atoms. The smallest absolute Gasteiger partial charge is 0.416 e. The molecular formula is C24H23F3N2O3. The van der Waals surface area contributed by atoms with Crippen molar-refractivity contribution in [2.75, 3.05) is 20.2 Å². The van der Waals surface area contributed by atoms with E-state index in [4.69, 9.17) is 4.74 Å². The molecule has 4 rings (SSSR count). The van der Waals surface area contributed by atoms with E-state index in [0.717, 1.165) is 12.1 Å². The van der Waals surface area contributed by atoms with Crippen molar-refractivity contribution in [2.24, 2.45) is 0 Å². The number of amides is 1. The van der Waals surface area contributed by atoms with Crippen LogP contribution in [-0.2, 0) is 25.9 Å². The highest BCUT2D eigenvalue weighted by molar-refractivity contribution is 5.86. The van der Waals surface area contributed by atoms with E-state index in [1.54, 1.807) is 34.3 Å². The first-order valence-corrected chi connectivity index (χ1v) is 10.2. The fourth-order valence-corrected chi connectivity index (χ4v) is 4.85. The molecule has 0 bridgehead atoms. The minimum absolute atomic E-state index is 0.114. The first-order chi connectivity index (χ1) is 15.2. The molecule has 2 heterocycles. The Bertz CT molecular complexity index is 1040. The number of benzene rings is 2. The monoisotopic (exact) mass is 444 g/mol. The summed E-state index contributed by atoms with van der Waals surface area (Å²) in [5.41, 5.74) is -0.279. The number of hydrogen-bond acceptors (Lipinski definition) is 4. The fraction of sp³-hybridized carbons (Fsp3) is 0.333. The number of carbonyl (C=O) groups excluding carboxylic acids is 2. The maximum absolute atomic E-state index is 13.5. The van der Waals surface area contributed by atoms with Crippen molar-refractivity contribution in [3.63, 3.8) is 0 Å². The molecule has 0 saturated carbocycles. The van der Waals surface area contributed by atoms with Crippen molar-refractivity contribution >= 4 is 11.9 Å². The van der Waals surface area contributed by atoms with E-state index < -0.39 is 29.2 Å². The van der Waals surface area contributed by atoms with Crippen LogP contribution < -0.4 is 0 Å². The number of hydrazine groups is 1. The molecular weight excluding hydrogens is 421 g/mol. The van der Waals surface area contributed by atoms with Gasteiger partial charge in [0.2, 0.25) is 5.91 Å². The van der Waals surface area contributed by atoms with Gasteiger partial charge in [0.05, 0.1) is 25.3 Å². The van der Waals surface area contributed by atoms with Gasteiger partial charge in [0, 0.05) is 13.0 Å². The summed E-state index contributed by atoms with van der Waals surface area (Å²) in [6.45, 7) is 4.68. The van der Waals surface area contributed by atoms with Crippen LogP contribution in [0.15, 0.2) is 66.7 Å². The van der Waals surface area contributed by atoms with Crippen LogP contribution in [0.25, 0.3) is 0 Å². The van der Waals surface area contributed by atoms with E-state index in [0.29, 0.717) is 23.2 Å². The number of hydrogen-bond donors (Lipinski definition) is 0. The van der Waals surface area contributed by atoms with Crippen molar-refractivity contribution < 1.29 is 27.5 Å².